The van der Waals surface area contributed by atoms with Crippen LogP contribution >= 0.6 is 0 Å². The quantitative estimate of drug-likeness (QED) is 0.161. The van der Waals surface area contributed by atoms with E-state index in [1.807, 2.05) is 30.5 Å². The molecule has 6 aromatic carbocycles. The van der Waals surface area contributed by atoms with Crippen LogP contribution in [-0.4, -0.2) is 23.9 Å². The predicted molar refractivity (Wildman–Crippen MR) is 251 cm³/mol. The minimum atomic E-state index is 0. The predicted octanol–water partition coefficient (Wildman–Crippen LogP) is 14.3. The molecule has 0 N–H and O–H groups in total. The monoisotopic (exact) mass is 982 g/mol. The van der Waals surface area contributed by atoms with Crippen molar-refractivity contribution in [3.8, 4) is 28.3 Å². The number of fused-ring (bicyclic) bond motifs is 10. The number of aryl methyl sites for hydroxylation is 2. The van der Waals surface area contributed by atoms with Crippen molar-refractivity contribution in [2.75, 3.05) is 0 Å². The molecule has 12 rings (SSSR count). The molecule has 6 aromatic heterocycles. The summed E-state index contributed by atoms with van der Waals surface area (Å²) in [5.41, 5.74) is 16.0. The molecule has 0 aliphatic heterocycles. The van der Waals surface area contributed by atoms with Crippen LogP contribution in [0.25, 0.3) is 99.7 Å². The summed E-state index contributed by atoms with van der Waals surface area (Å²) in [6, 6.07) is 53.3. The molecule has 0 aliphatic carbocycles. The molecule has 6 nitrogen and oxygen atoms in total. The van der Waals surface area contributed by atoms with Crippen LogP contribution < -0.4 is 0 Å². The first-order valence-electron chi connectivity index (χ1n) is 21.1. The molecule has 12 aromatic rings. The molecule has 0 atom stereocenters. The molecule has 305 valence electrons. The van der Waals surface area contributed by atoms with Crippen molar-refractivity contribution in [3.05, 3.63) is 174 Å². The number of hydrogen-bond acceptors (Lipinski definition) is 4. The largest absolute Gasteiger partial charge is 0.486 e. The normalized spacial score (nSPS) is 11.9. The van der Waals surface area contributed by atoms with Crippen LogP contribution in [-0.2, 0) is 20.1 Å². The molecule has 1 radical (unpaired) electrons. The zero-order valence-corrected chi connectivity index (χ0v) is 37.8. The van der Waals surface area contributed by atoms with Gasteiger partial charge in [-0.3, -0.25) is 9.38 Å². The first kappa shape index (κ1) is 39.5. The summed E-state index contributed by atoms with van der Waals surface area (Å²) in [4.78, 5) is 14.7. The molecular weight excluding hydrogens is 939 g/mol. The number of nitrogens with zero attached hydrogens (tertiary/aromatic N) is 5. The Bertz CT molecular complexity index is 3610. The van der Waals surface area contributed by atoms with Crippen molar-refractivity contribution in [2.24, 2.45) is 0 Å². The summed E-state index contributed by atoms with van der Waals surface area (Å²) < 4.78 is 11.0. The molecule has 6 heterocycles. The summed E-state index contributed by atoms with van der Waals surface area (Å²) in [6.07, 6.45) is 1.91. The number of imidazole rings is 1. The van der Waals surface area contributed by atoms with Crippen LogP contribution in [0.1, 0.15) is 61.8 Å². The summed E-state index contributed by atoms with van der Waals surface area (Å²) in [5.74, 6) is 1.80. The maximum atomic E-state index is 6.42. The van der Waals surface area contributed by atoms with E-state index in [0.717, 1.165) is 61.1 Å². The first-order valence-corrected chi connectivity index (χ1v) is 21.1. The average molecular weight is 982 g/mol. The van der Waals surface area contributed by atoms with Crippen molar-refractivity contribution in [1.82, 2.24) is 23.9 Å². The fraction of sp³-hybridized carbons (Fsp3) is 0.145. The van der Waals surface area contributed by atoms with Gasteiger partial charge >= 0.3 is 0 Å². The minimum absolute atomic E-state index is 0. The minimum Gasteiger partial charge on any atom is -0.486 e. The third-order valence-electron chi connectivity index (χ3n) is 12.3. The number of rotatable bonds is 5. The topological polar surface area (TPSA) is 61.2 Å². The van der Waals surface area contributed by atoms with E-state index >= 15 is 0 Å². The summed E-state index contributed by atoms with van der Waals surface area (Å²) >= 11 is 0. The molecule has 0 amide bonds. The first-order chi connectivity index (χ1) is 29.8. The number of aromatic nitrogens is 5. The Kier molecular flexibility index (Phi) is 9.78. The maximum Gasteiger partial charge on any atom is 0.218 e. The zero-order chi connectivity index (χ0) is 41.5. The van der Waals surface area contributed by atoms with Gasteiger partial charge in [0.1, 0.15) is 5.65 Å². The molecule has 7 heteroatoms. The molecule has 0 unspecified atom stereocenters. The van der Waals surface area contributed by atoms with Gasteiger partial charge in [0.25, 0.3) is 0 Å². The Morgan fingerprint density at radius 3 is 2.03 bits per heavy atom. The number of furan rings is 1. The SMILES string of the molecule is CC(C)c1cccc(C(C)C)c1-n1c(-c2[c-]cccc2)nc2ccccc21.Cc1cnc(-c2[c-]ccc3c2oc2nc4c(cc23)c2cccc3c5ccccc5n4c32)cc1C.[Ir]. The second kappa shape index (κ2) is 15.4. The Labute approximate surface area is 373 Å². The van der Waals surface area contributed by atoms with Crippen molar-refractivity contribution < 1.29 is 24.5 Å². The summed E-state index contributed by atoms with van der Waals surface area (Å²) in [5, 5.41) is 6.90. The number of benzene rings is 6. The van der Waals surface area contributed by atoms with Crippen LogP contribution in [0.2, 0.25) is 0 Å². The Morgan fingerprint density at radius 1 is 0.597 bits per heavy atom. The third kappa shape index (κ3) is 6.13. The Morgan fingerprint density at radius 2 is 1.29 bits per heavy atom. The van der Waals surface area contributed by atoms with Gasteiger partial charge in [0.15, 0.2) is 0 Å². The van der Waals surface area contributed by atoms with E-state index in [4.69, 9.17) is 14.4 Å². The molecule has 0 fully saturated rings. The fourth-order valence-electron chi connectivity index (χ4n) is 9.17. The van der Waals surface area contributed by atoms with Gasteiger partial charge in [-0.1, -0.05) is 117 Å². The molecule has 0 saturated heterocycles. The number of pyridine rings is 2. The average Bonchev–Trinajstić information content (AvgIpc) is 4.04. The molecular formula is C55H43IrN5O-2. The Balaban J connectivity index is 0.000000150. The van der Waals surface area contributed by atoms with Crippen LogP contribution in [0.15, 0.2) is 144 Å². The zero-order valence-electron chi connectivity index (χ0n) is 35.4. The molecule has 62 heavy (non-hydrogen) atoms. The smallest absolute Gasteiger partial charge is 0.218 e. The van der Waals surface area contributed by atoms with Crippen molar-refractivity contribution >= 4 is 71.3 Å². The number of hydrogen-bond donors (Lipinski definition) is 0. The van der Waals surface area contributed by atoms with Crippen LogP contribution in [0.5, 0.6) is 0 Å². The van der Waals surface area contributed by atoms with E-state index in [1.165, 1.54) is 55.1 Å². The van der Waals surface area contributed by atoms with Gasteiger partial charge in [0, 0.05) is 58.9 Å². The molecule has 0 spiro atoms. The third-order valence-corrected chi connectivity index (χ3v) is 12.3. The fourth-order valence-corrected chi connectivity index (χ4v) is 9.17. The standard InChI is InChI=1S/C30H18N3O.C25H25N2.Ir/c1-16-13-25(31-15-17(16)2)22-11-6-10-21-24-14-23-20-9-5-8-19-18-7-3-4-12-26(18)33(27(19)20)29(23)32-30(24)34-28(21)22;1-17(2)20-13-10-14-21(18(3)4)24(20)27-23-16-9-8-15-22(23)26-25(27)19-11-6-5-7-12-19;/h3-10,12-15H,1-2H3;5-11,13-18H,1-4H3;/q2*-1;. The van der Waals surface area contributed by atoms with E-state index in [-0.39, 0.29) is 20.1 Å². The van der Waals surface area contributed by atoms with Gasteiger partial charge in [0.05, 0.1) is 33.5 Å². The van der Waals surface area contributed by atoms with Gasteiger partial charge in [-0.15, -0.1) is 54.1 Å². The van der Waals surface area contributed by atoms with Crippen LogP contribution in [0.3, 0.4) is 0 Å². The van der Waals surface area contributed by atoms with Gasteiger partial charge < -0.3 is 14.0 Å². The van der Waals surface area contributed by atoms with Crippen LogP contribution in [0, 0.1) is 26.0 Å². The van der Waals surface area contributed by atoms with Crippen molar-refractivity contribution in [1.29, 1.82) is 0 Å². The van der Waals surface area contributed by atoms with Gasteiger partial charge in [-0.25, -0.2) is 0 Å². The summed E-state index contributed by atoms with van der Waals surface area (Å²) in [6.45, 7) is 13.2. The van der Waals surface area contributed by atoms with E-state index in [0.29, 0.717) is 17.5 Å². The van der Waals surface area contributed by atoms with Crippen molar-refractivity contribution in [2.45, 2.75) is 53.4 Å². The molecule has 0 saturated carbocycles. The van der Waals surface area contributed by atoms with Crippen LogP contribution in [0.4, 0.5) is 0 Å². The molecule has 0 bridgehead atoms. The second-order valence-corrected chi connectivity index (χ2v) is 16.7. The van der Waals surface area contributed by atoms with Crippen molar-refractivity contribution in [3.63, 3.8) is 0 Å². The second-order valence-electron chi connectivity index (χ2n) is 16.7. The van der Waals surface area contributed by atoms with Gasteiger partial charge in [0.2, 0.25) is 5.71 Å². The summed E-state index contributed by atoms with van der Waals surface area (Å²) in [7, 11) is 0. The van der Waals surface area contributed by atoms with Gasteiger partial charge in [-0.2, -0.15) is 4.98 Å². The Hall–Kier alpha value is -6.66. The molecule has 0 aliphatic rings. The maximum absolute atomic E-state index is 6.42. The van der Waals surface area contributed by atoms with E-state index in [9.17, 15) is 0 Å². The number of para-hydroxylation sites is 5. The van der Waals surface area contributed by atoms with Gasteiger partial charge in [-0.05, 0) is 72.3 Å². The van der Waals surface area contributed by atoms with E-state index in [1.54, 1.807) is 0 Å². The van der Waals surface area contributed by atoms with E-state index < -0.39 is 0 Å². The van der Waals surface area contributed by atoms with E-state index in [2.05, 4.69) is 177 Å².